The summed E-state index contributed by atoms with van der Waals surface area (Å²) in [7, 11) is -3.52. The number of sulfone groups is 1. The summed E-state index contributed by atoms with van der Waals surface area (Å²) in [5.74, 6) is -0.897. The van der Waals surface area contributed by atoms with Crippen LogP contribution < -0.4 is 5.32 Å². The van der Waals surface area contributed by atoms with Crippen molar-refractivity contribution in [2.45, 2.75) is 57.4 Å². The minimum atomic E-state index is -3.52. The Morgan fingerprint density at radius 1 is 1.27 bits per heavy atom. The van der Waals surface area contributed by atoms with Gasteiger partial charge in [-0.05, 0) is 51.7 Å². The third kappa shape index (κ3) is 7.02. The second-order valence-electron chi connectivity index (χ2n) is 8.34. The van der Waals surface area contributed by atoms with E-state index in [1.165, 1.54) is 4.90 Å². The van der Waals surface area contributed by atoms with Crippen LogP contribution in [0.2, 0.25) is 0 Å². The lowest BCUT2D eigenvalue weighted by atomic mass is 10.0. The molecule has 1 N–H and O–H groups in total. The van der Waals surface area contributed by atoms with Gasteiger partial charge in [0.15, 0.2) is 9.84 Å². The van der Waals surface area contributed by atoms with Crippen LogP contribution in [0.5, 0.6) is 0 Å². The highest BCUT2D eigenvalue weighted by molar-refractivity contribution is 7.90. The third-order valence-electron chi connectivity index (χ3n) is 4.66. The lowest BCUT2D eigenvalue weighted by Gasteiger charge is -2.35. The largest absolute Gasteiger partial charge is 0.444 e. The number of nitrogens with zero attached hydrogens (tertiary/aromatic N) is 2. The van der Waals surface area contributed by atoms with Crippen LogP contribution in [0, 0.1) is 11.3 Å². The fraction of sp³-hybridized carbons (Fsp3) is 0.571. The molecule has 164 valence electrons. The molecule has 1 aromatic rings. The van der Waals surface area contributed by atoms with Crippen molar-refractivity contribution in [3.8, 4) is 6.07 Å². The molecular formula is C21H29N3O5S. The predicted molar refractivity (Wildman–Crippen MR) is 112 cm³/mol. The van der Waals surface area contributed by atoms with Gasteiger partial charge in [0.2, 0.25) is 5.91 Å². The van der Waals surface area contributed by atoms with Crippen LogP contribution in [0.3, 0.4) is 0 Å². The number of likely N-dealkylation sites (tertiary alicyclic amines) is 1. The molecule has 2 amide bonds. The summed E-state index contributed by atoms with van der Waals surface area (Å²) in [6, 6.07) is 7.85. The van der Waals surface area contributed by atoms with Crippen LogP contribution in [-0.2, 0) is 25.1 Å². The van der Waals surface area contributed by atoms with Gasteiger partial charge >= 0.3 is 6.09 Å². The van der Waals surface area contributed by atoms with Gasteiger partial charge in [0.1, 0.15) is 11.6 Å². The first-order valence-electron chi connectivity index (χ1n) is 9.98. The Balaban J connectivity index is 1.93. The molecule has 0 saturated carbocycles. The molecule has 0 radical (unpaired) electrons. The predicted octanol–water partition coefficient (Wildman–Crippen LogP) is 2.38. The molecule has 1 fully saturated rings. The SMILES string of the molecule is CC(C)(C)OC(=O)N1CCCCC1C(=O)NCCS(=O)(=O)Cc1ccccc1C#N. The van der Waals surface area contributed by atoms with E-state index in [0.717, 1.165) is 12.8 Å². The smallest absolute Gasteiger partial charge is 0.410 e. The number of rotatable bonds is 6. The van der Waals surface area contributed by atoms with E-state index in [0.29, 0.717) is 24.1 Å². The molecule has 1 aromatic carbocycles. The van der Waals surface area contributed by atoms with Crippen molar-refractivity contribution >= 4 is 21.8 Å². The molecule has 9 heteroatoms. The van der Waals surface area contributed by atoms with Gasteiger partial charge in [-0.2, -0.15) is 5.26 Å². The molecule has 30 heavy (non-hydrogen) atoms. The first-order chi connectivity index (χ1) is 14.0. The molecule has 8 nitrogen and oxygen atoms in total. The quantitative estimate of drug-likeness (QED) is 0.733. The average molecular weight is 436 g/mol. The first kappa shape index (κ1) is 23.7. The van der Waals surface area contributed by atoms with Gasteiger partial charge in [0, 0.05) is 13.1 Å². The maximum atomic E-state index is 12.6. The normalized spacial score (nSPS) is 17.1. The number of carbonyl (C=O) groups is 2. The van der Waals surface area contributed by atoms with Crippen LogP contribution in [0.4, 0.5) is 4.79 Å². The van der Waals surface area contributed by atoms with E-state index in [2.05, 4.69) is 5.32 Å². The molecule has 1 unspecified atom stereocenters. The number of hydrogen-bond acceptors (Lipinski definition) is 6. The van der Waals surface area contributed by atoms with Gasteiger partial charge in [-0.3, -0.25) is 9.69 Å². The van der Waals surface area contributed by atoms with E-state index in [-0.39, 0.29) is 24.0 Å². The van der Waals surface area contributed by atoms with Gasteiger partial charge < -0.3 is 10.1 Å². The number of nitrogens with one attached hydrogen (secondary N) is 1. The van der Waals surface area contributed by atoms with Crippen molar-refractivity contribution in [1.29, 1.82) is 5.26 Å². The molecule has 1 atom stereocenters. The lowest BCUT2D eigenvalue weighted by molar-refractivity contribution is -0.127. The van der Waals surface area contributed by atoms with Gasteiger partial charge in [0.05, 0.1) is 23.1 Å². The fourth-order valence-corrected chi connectivity index (χ4v) is 4.54. The molecular weight excluding hydrogens is 406 g/mol. The maximum Gasteiger partial charge on any atom is 0.410 e. The number of nitriles is 1. The zero-order chi connectivity index (χ0) is 22.4. The monoisotopic (exact) mass is 435 g/mol. The maximum absolute atomic E-state index is 12.6. The average Bonchev–Trinajstić information content (AvgIpc) is 2.66. The topological polar surface area (TPSA) is 117 Å². The highest BCUT2D eigenvalue weighted by Crippen LogP contribution is 2.20. The summed E-state index contributed by atoms with van der Waals surface area (Å²) in [5, 5.41) is 11.7. The molecule has 0 spiro atoms. The molecule has 1 heterocycles. The Bertz CT molecular complexity index is 915. The highest BCUT2D eigenvalue weighted by atomic mass is 32.2. The zero-order valence-corrected chi connectivity index (χ0v) is 18.5. The van der Waals surface area contributed by atoms with Crippen LogP contribution in [-0.4, -0.2) is 55.8 Å². The van der Waals surface area contributed by atoms with Gasteiger partial charge in [-0.15, -0.1) is 0 Å². The number of hydrogen-bond donors (Lipinski definition) is 1. The highest BCUT2D eigenvalue weighted by Gasteiger charge is 2.34. The van der Waals surface area contributed by atoms with Crippen molar-refractivity contribution in [2.24, 2.45) is 0 Å². The minimum Gasteiger partial charge on any atom is -0.444 e. The van der Waals surface area contributed by atoms with E-state index in [9.17, 15) is 18.0 Å². The Hall–Kier alpha value is -2.60. The van der Waals surface area contributed by atoms with Gasteiger partial charge in [0.25, 0.3) is 0 Å². The van der Waals surface area contributed by atoms with Crippen LogP contribution in [0.25, 0.3) is 0 Å². The van der Waals surface area contributed by atoms with Crippen molar-refractivity contribution < 1.29 is 22.7 Å². The standard InChI is InChI=1S/C21H29N3O5S/c1-21(2,3)29-20(26)24-12-7-6-10-18(24)19(25)23-11-13-30(27,28)15-17-9-5-4-8-16(17)14-22/h4-5,8-9,18H,6-7,10-13,15H2,1-3H3,(H,23,25). The Morgan fingerprint density at radius 2 is 1.97 bits per heavy atom. The summed E-state index contributed by atoms with van der Waals surface area (Å²) < 4.78 is 30.2. The fourth-order valence-electron chi connectivity index (χ4n) is 3.26. The molecule has 0 aliphatic carbocycles. The molecule has 1 saturated heterocycles. The summed E-state index contributed by atoms with van der Waals surface area (Å²) in [4.78, 5) is 26.5. The van der Waals surface area contributed by atoms with Crippen LogP contribution in [0.15, 0.2) is 24.3 Å². The summed E-state index contributed by atoms with van der Waals surface area (Å²) in [6.45, 7) is 5.66. The van der Waals surface area contributed by atoms with Crippen LogP contribution >= 0.6 is 0 Å². The molecule has 2 rings (SSSR count). The second-order valence-corrected chi connectivity index (χ2v) is 10.5. The van der Waals surface area contributed by atoms with E-state index < -0.39 is 27.6 Å². The van der Waals surface area contributed by atoms with Crippen molar-refractivity contribution in [3.05, 3.63) is 35.4 Å². The number of carbonyl (C=O) groups excluding carboxylic acids is 2. The Morgan fingerprint density at radius 3 is 2.63 bits per heavy atom. The molecule has 1 aliphatic heterocycles. The number of benzene rings is 1. The van der Waals surface area contributed by atoms with Crippen molar-refractivity contribution in [1.82, 2.24) is 10.2 Å². The lowest BCUT2D eigenvalue weighted by Crippen LogP contribution is -2.53. The van der Waals surface area contributed by atoms with Crippen molar-refractivity contribution in [2.75, 3.05) is 18.8 Å². The summed E-state index contributed by atoms with van der Waals surface area (Å²) in [5.41, 5.74) is 0.0959. The van der Waals surface area contributed by atoms with Crippen molar-refractivity contribution in [3.63, 3.8) is 0 Å². The van der Waals surface area contributed by atoms with E-state index >= 15 is 0 Å². The third-order valence-corrected chi connectivity index (χ3v) is 6.24. The zero-order valence-electron chi connectivity index (χ0n) is 17.7. The van der Waals surface area contributed by atoms with E-state index in [1.807, 2.05) is 6.07 Å². The first-order valence-corrected chi connectivity index (χ1v) is 11.8. The van der Waals surface area contributed by atoms with E-state index in [4.69, 9.17) is 10.00 Å². The number of piperidine rings is 1. The van der Waals surface area contributed by atoms with Gasteiger partial charge in [-0.25, -0.2) is 13.2 Å². The molecule has 0 aromatic heterocycles. The molecule has 1 aliphatic rings. The Labute approximate surface area is 178 Å². The minimum absolute atomic E-state index is 0.0610. The molecule has 0 bridgehead atoms. The van der Waals surface area contributed by atoms with Crippen LogP contribution in [0.1, 0.15) is 51.2 Å². The Kier molecular flexibility index (Phi) is 7.84. The number of amides is 2. The second kappa shape index (κ2) is 9.94. The van der Waals surface area contributed by atoms with E-state index in [1.54, 1.807) is 45.0 Å². The number of ether oxygens (including phenoxy) is 1. The summed E-state index contributed by atoms with van der Waals surface area (Å²) >= 11 is 0. The summed E-state index contributed by atoms with van der Waals surface area (Å²) in [6.07, 6.45) is 1.56. The van der Waals surface area contributed by atoms with Gasteiger partial charge in [-0.1, -0.05) is 18.2 Å².